The van der Waals surface area contributed by atoms with Crippen LogP contribution < -0.4 is 9.62 Å². The fourth-order valence-corrected chi connectivity index (χ4v) is 1.72. The number of hydrogen-bond donors (Lipinski definition) is 2. The number of nitrogens with zero attached hydrogens (tertiary/aromatic N) is 1. The smallest absolute Gasteiger partial charge is 0.232 e. The van der Waals surface area contributed by atoms with Gasteiger partial charge in [-0.25, -0.2) is 8.93 Å². The summed E-state index contributed by atoms with van der Waals surface area (Å²) in [5.74, 6) is 0. The maximum Gasteiger partial charge on any atom is 0.232 e. The lowest BCUT2D eigenvalue weighted by Crippen LogP contribution is -2.17. The Morgan fingerprint density at radius 3 is 2.75 bits per heavy atom. The summed E-state index contributed by atoms with van der Waals surface area (Å²) in [7, 11) is 1.68. The number of carbonyl (C=O) groups is 1. The second kappa shape index (κ2) is 5.74. The van der Waals surface area contributed by atoms with Crippen LogP contribution in [0.2, 0.25) is 0 Å². The standard InChI is InChI=1S/C10H14N2O3S/c1-8-5-9(6-11-16(14)15)3-4-10(8)12(2)7-13/h3-5,7,11H,6H2,1-2H3,(H,14,15). The molecule has 1 rings (SSSR count). The molecule has 88 valence electrons. The predicted octanol–water partition coefficient (Wildman–Crippen LogP) is 0.814. The molecular formula is C10H14N2O3S. The summed E-state index contributed by atoms with van der Waals surface area (Å²) in [4.78, 5) is 12.1. The van der Waals surface area contributed by atoms with Crippen LogP contribution in [0.25, 0.3) is 0 Å². The van der Waals surface area contributed by atoms with Gasteiger partial charge in [0, 0.05) is 19.3 Å². The summed E-state index contributed by atoms with van der Waals surface area (Å²) in [6, 6.07) is 5.48. The molecule has 0 saturated heterocycles. The molecule has 0 aliphatic carbocycles. The lowest BCUT2D eigenvalue weighted by Gasteiger charge is -2.14. The molecule has 1 amide bonds. The average molecular weight is 242 g/mol. The number of nitrogens with one attached hydrogen (secondary N) is 1. The van der Waals surface area contributed by atoms with Crippen LogP contribution in [0.5, 0.6) is 0 Å². The molecule has 0 bridgehead atoms. The van der Waals surface area contributed by atoms with Gasteiger partial charge in [-0.05, 0) is 24.1 Å². The van der Waals surface area contributed by atoms with Crippen LogP contribution >= 0.6 is 0 Å². The molecule has 0 aliphatic heterocycles. The first-order valence-electron chi connectivity index (χ1n) is 4.66. The molecule has 0 heterocycles. The fraction of sp³-hybridized carbons (Fsp3) is 0.300. The van der Waals surface area contributed by atoms with Crippen LogP contribution in [0.15, 0.2) is 18.2 Å². The van der Waals surface area contributed by atoms with Gasteiger partial charge in [0.05, 0.1) is 0 Å². The number of anilines is 1. The first-order valence-corrected chi connectivity index (χ1v) is 5.77. The van der Waals surface area contributed by atoms with E-state index >= 15 is 0 Å². The van der Waals surface area contributed by atoms with Gasteiger partial charge in [0.15, 0.2) is 0 Å². The zero-order valence-corrected chi connectivity index (χ0v) is 9.95. The van der Waals surface area contributed by atoms with Crippen molar-refractivity contribution in [3.63, 3.8) is 0 Å². The van der Waals surface area contributed by atoms with Crippen molar-refractivity contribution in [2.45, 2.75) is 13.5 Å². The fourth-order valence-electron chi connectivity index (χ4n) is 1.43. The van der Waals surface area contributed by atoms with E-state index in [4.69, 9.17) is 4.55 Å². The van der Waals surface area contributed by atoms with Crippen molar-refractivity contribution in [3.8, 4) is 0 Å². The van der Waals surface area contributed by atoms with E-state index in [1.165, 1.54) is 4.90 Å². The quantitative estimate of drug-likeness (QED) is 0.593. The summed E-state index contributed by atoms with van der Waals surface area (Å²) in [6.07, 6.45) is 0.739. The monoisotopic (exact) mass is 242 g/mol. The Hall–Kier alpha value is -1.24. The van der Waals surface area contributed by atoms with Crippen LogP contribution in [0.1, 0.15) is 11.1 Å². The van der Waals surface area contributed by atoms with E-state index in [-0.39, 0.29) is 0 Å². The Morgan fingerprint density at radius 1 is 1.56 bits per heavy atom. The minimum absolute atomic E-state index is 0.315. The Bertz CT molecular complexity index is 409. The predicted molar refractivity (Wildman–Crippen MR) is 63.3 cm³/mol. The zero-order valence-electron chi connectivity index (χ0n) is 9.14. The van der Waals surface area contributed by atoms with Crippen molar-refractivity contribution >= 4 is 23.4 Å². The third-order valence-electron chi connectivity index (χ3n) is 2.20. The summed E-state index contributed by atoms with van der Waals surface area (Å²) in [6.45, 7) is 2.20. The average Bonchev–Trinajstić information content (AvgIpc) is 2.25. The topological polar surface area (TPSA) is 69.6 Å². The van der Waals surface area contributed by atoms with E-state index in [1.54, 1.807) is 13.1 Å². The Balaban J connectivity index is 2.82. The first-order chi connectivity index (χ1) is 7.54. The van der Waals surface area contributed by atoms with Crippen LogP contribution in [-0.2, 0) is 22.6 Å². The van der Waals surface area contributed by atoms with Crippen LogP contribution in [0, 0.1) is 6.92 Å². The second-order valence-electron chi connectivity index (χ2n) is 3.41. The molecule has 5 nitrogen and oxygen atoms in total. The first kappa shape index (κ1) is 12.8. The highest BCUT2D eigenvalue weighted by molar-refractivity contribution is 7.77. The number of amides is 1. The highest BCUT2D eigenvalue weighted by atomic mass is 32.2. The van der Waals surface area contributed by atoms with Gasteiger partial charge >= 0.3 is 0 Å². The van der Waals surface area contributed by atoms with Crippen molar-refractivity contribution in [2.75, 3.05) is 11.9 Å². The molecule has 0 fully saturated rings. The zero-order chi connectivity index (χ0) is 12.1. The molecule has 0 radical (unpaired) electrons. The van der Waals surface area contributed by atoms with Gasteiger partial charge in [0.1, 0.15) is 0 Å². The van der Waals surface area contributed by atoms with Crippen molar-refractivity contribution in [1.82, 2.24) is 4.72 Å². The number of hydrogen-bond acceptors (Lipinski definition) is 2. The van der Waals surface area contributed by atoms with E-state index < -0.39 is 11.3 Å². The van der Waals surface area contributed by atoms with E-state index in [0.717, 1.165) is 23.2 Å². The summed E-state index contributed by atoms with van der Waals surface area (Å²) >= 11 is -2.01. The normalized spacial score (nSPS) is 12.2. The number of aryl methyl sites for hydroxylation is 1. The lowest BCUT2D eigenvalue weighted by molar-refractivity contribution is -0.107. The molecule has 0 aliphatic rings. The maximum atomic E-state index is 10.6. The SMILES string of the molecule is Cc1cc(CNS(=O)O)ccc1N(C)C=O. The highest BCUT2D eigenvalue weighted by Gasteiger charge is 2.04. The van der Waals surface area contributed by atoms with Crippen molar-refractivity contribution in [2.24, 2.45) is 0 Å². The molecule has 1 atom stereocenters. The molecule has 6 heteroatoms. The molecule has 16 heavy (non-hydrogen) atoms. The van der Waals surface area contributed by atoms with Gasteiger partial charge in [-0.15, -0.1) is 0 Å². The molecule has 1 aromatic carbocycles. The molecule has 0 saturated carbocycles. The molecule has 2 N–H and O–H groups in total. The number of rotatable bonds is 5. The van der Waals surface area contributed by atoms with E-state index in [1.807, 2.05) is 19.1 Å². The van der Waals surface area contributed by atoms with Gasteiger partial charge in [0.25, 0.3) is 0 Å². The third-order valence-corrected chi connectivity index (χ3v) is 2.59. The third kappa shape index (κ3) is 3.41. The minimum atomic E-state index is -2.01. The van der Waals surface area contributed by atoms with E-state index in [2.05, 4.69) is 4.72 Å². The number of carbonyl (C=O) groups excluding carboxylic acids is 1. The van der Waals surface area contributed by atoms with Crippen molar-refractivity contribution in [3.05, 3.63) is 29.3 Å². The Labute approximate surface area is 96.9 Å². The summed E-state index contributed by atoms with van der Waals surface area (Å²) in [5.41, 5.74) is 2.66. The largest absolute Gasteiger partial charge is 0.318 e. The number of benzene rings is 1. The van der Waals surface area contributed by atoms with Crippen LogP contribution in [0.4, 0.5) is 5.69 Å². The van der Waals surface area contributed by atoms with Gasteiger partial charge in [-0.1, -0.05) is 12.1 Å². The van der Waals surface area contributed by atoms with Crippen LogP contribution in [0.3, 0.4) is 0 Å². The van der Waals surface area contributed by atoms with E-state index in [9.17, 15) is 9.00 Å². The Morgan fingerprint density at radius 2 is 2.25 bits per heavy atom. The van der Waals surface area contributed by atoms with Gasteiger partial charge < -0.3 is 4.90 Å². The summed E-state index contributed by atoms with van der Waals surface area (Å²) < 4.78 is 21.4. The van der Waals surface area contributed by atoms with Crippen molar-refractivity contribution in [1.29, 1.82) is 0 Å². The maximum absolute atomic E-state index is 10.6. The van der Waals surface area contributed by atoms with Gasteiger partial charge in [-0.2, -0.15) is 0 Å². The molecule has 0 spiro atoms. The van der Waals surface area contributed by atoms with Gasteiger partial charge in [-0.3, -0.25) is 9.35 Å². The Kier molecular flexibility index (Phi) is 4.60. The molecular weight excluding hydrogens is 228 g/mol. The second-order valence-corrected chi connectivity index (χ2v) is 4.19. The molecule has 1 aromatic rings. The minimum Gasteiger partial charge on any atom is -0.318 e. The van der Waals surface area contributed by atoms with Crippen LogP contribution in [-0.4, -0.2) is 22.2 Å². The summed E-state index contributed by atoms with van der Waals surface area (Å²) in [5, 5.41) is 0. The lowest BCUT2D eigenvalue weighted by atomic mass is 10.1. The van der Waals surface area contributed by atoms with E-state index in [0.29, 0.717) is 6.54 Å². The highest BCUT2D eigenvalue weighted by Crippen LogP contribution is 2.19. The molecule has 0 aromatic heterocycles. The van der Waals surface area contributed by atoms with Crippen molar-refractivity contribution < 1.29 is 13.6 Å². The molecule has 1 unspecified atom stereocenters. The van der Waals surface area contributed by atoms with Gasteiger partial charge in [0.2, 0.25) is 17.7 Å².